The van der Waals surface area contributed by atoms with Crippen LogP contribution < -0.4 is 10.6 Å². The highest BCUT2D eigenvalue weighted by atomic mass is 16.1. The van der Waals surface area contributed by atoms with Crippen LogP contribution in [0, 0.1) is 0 Å². The lowest BCUT2D eigenvalue weighted by molar-refractivity contribution is 0.0943. The summed E-state index contributed by atoms with van der Waals surface area (Å²) < 4.78 is 1.77. The quantitative estimate of drug-likeness (QED) is 0.877. The molecule has 20 heavy (non-hydrogen) atoms. The van der Waals surface area contributed by atoms with Crippen molar-refractivity contribution in [3.8, 4) is 0 Å². The van der Waals surface area contributed by atoms with Gasteiger partial charge in [-0.15, -0.1) is 0 Å². The van der Waals surface area contributed by atoms with E-state index >= 15 is 0 Å². The lowest BCUT2D eigenvalue weighted by Gasteiger charge is -2.09. The summed E-state index contributed by atoms with van der Waals surface area (Å²) in [6, 6.07) is 7.61. The van der Waals surface area contributed by atoms with E-state index in [2.05, 4.69) is 15.7 Å². The maximum atomic E-state index is 11.8. The molecule has 5 nitrogen and oxygen atoms in total. The normalized spacial score (nSPS) is 10.6. The van der Waals surface area contributed by atoms with Gasteiger partial charge in [0.15, 0.2) is 0 Å². The van der Waals surface area contributed by atoms with E-state index in [4.69, 9.17) is 0 Å². The molecule has 1 aromatic carbocycles. The summed E-state index contributed by atoms with van der Waals surface area (Å²) in [4.78, 5) is 11.8. The van der Waals surface area contributed by atoms with E-state index in [-0.39, 0.29) is 11.9 Å². The topological polar surface area (TPSA) is 59.0 Å². The fraction of sp³-hybridized carbons (Fsp3) is 0.333. The van der Waals surface area contributed by atoms with Crippen molar-refractivity contribution in [1.82, 2.24) is 15.1 Å². The molecule has 0 bridgehead atoms. The molecule has 2 rings (SSSR count). The van der Waals surface area contributed by atoms with Gasteiger partial charge < -0.3 is 10.6 Å². The first-order chi connectivity index (χ1) is 9.54. The van der Waals surface area contributed by atoms with Gasteiger partial charge in [0.25, 0.3) is 5.91 Å². The largest absolute Gasteiger partial charge is 0.381 e. The molecule has 5 heteroatoms. The fourth-order valence-electron chi connectivity index (χ4n) is 1.85. The Morgan fingerprint density at radius 2 is 2.00 bits per heavy atom. The summed E-state index contributed by atoms with van der Waals surface area (Å²) in [5.41, 5.74) is 2.77. The van der Waals surface area contributed by atoms with Crippen molar-refractivity contribution in [2.75, 3.05) is 5.32 Å². The molecular formula is C15H20N4O. The van der Waals surface area contributed by atoms with E-state index in [1.54, 1.807) is 4.68 Å². The highest BCUT2D eigenvalue weighted by Gasteiger charge is 2.06. The third-order valence-electron chi connectivity index (χ3n) is 2.82. The van der Waals surface area contributed by atoms with Crippen LogP contribution in [0.25, 0.3) is 0 Å². The molecule has 0 aliphatic rings. The Balaban J connectivity index is 1.93. The minimum absolute atomic E-state index is 0.0428. The summed E-state index contributed by atoms with van der Waals surface area (Å²) in [6.45, 7) is 4.61. The van der Waals surface area contributed by atoms with Crippen molar-refractivity contribution in [3.05, 3.63) is 47.8 Å². The second-order valence-corrected chi connectivity index (χ2v) is 5.08. The van der Waals surface area contributed by atoms with Gasteiger partial charge in [0.05, 0.1) is 6.20 Å². The molecule has 1 aromatic heterocycles. The summed E-state index contributed by atoms with van der Waals surface area (Å²) in [5, 5.41) is 10.3. The standard InChI is InChI=1S/C15H20N4O/c1-11(2)18-15(20)13-4-6-14(7-5-13)16-8-12-9-17-19(3)10-12/h4-7,9-11,16H,8H2,1-3H3,(H,18,20). The van der Waals surface area contributed by atoms with E-state index in [1.165, 1.54) is 0 Å². The van der Waals surface area contributed by atoms with Gasteiger partial charge in [0, 0.05) is 42.6 Å². The minimum Gasteiger partial charge on any atom is -0.381 e. The van der Waals surface area contributed by atoms with E-state index in [1.807, 2.05) is 57.6 Å². The second-order valence-electron chi connectivity index (χ2n) is 5.08. The van der Waals surface area contributed by atoms with Crippen molar-refractivity contribution in [3.63, 3.8) is 0 Å². The molecule has 0 unspecified atom stereocenters. The van der Waals surface area contributed by atoms with Gasteiger partial charge in [-0.05, 0) is 38.1 Å². The van der Waals surface area contributed by atoms with Crippen LogP contribution in [-0.4, -0.2) is 21.7 Å². The van der Waals surface area contributed by atoms with Crippen LogP contribution in [0.3, 0.4) is 0 Å². The molecule has 1 heterocycles. The second kappa shape index (κ2) is 6.23. The van der Waals surface area contributed by atoms with Crippen LogP contribution >= 0.6 is 0 Å². The lowest BCUT2D eigenvalue weighted by Crippen LogP contribution is -2.29. The Hall–Kier alpha value is -2.30. The van der Waals surface area contributed by atoms with Crippen LogP contribution in [0.5, 0.6) is 0 Å². The van der Waals surface area contributed by atoms with Gasteiger partial charge in [-0.1, -0.05) is 0 Å². The molecule has 0 saturated heterocycles. The molecule has 0 fully saturated rings. The van der Waals surface area contributed by atoms with Crippen molar-refractivity contribution in [2.24, 2.45) is 7.05 Å². The number of nitrogens with one attached hydrogen (secondary N) is 2. The van der Waals surface area contributed by atoms with Gasteiger partial charge in [-0.25, -0.2) is 0 Å². The van der Waals surface area contributed by atoms with Crippen LogP contribution in [0.4, 0.5) is 5.69 Å². The highest BCUT2D eigenvalue weighted by molar-refractivity contribution is 5.94. The Labute approximate surface area is 119 Å². The molecule has 1 amide bonds. The minimum atomic E-state index is -0.0428. The van der Waals surface area contributed by atoms with Crippen LogP contribution in [0.15, 0.2) is 36.7 Å². The third kappa shape index (κ3) is 3.85. The van der Waals surface area contributed by atoms with Crippen molar-refractivity contribution in [2.45, 2.75) is 26.4 Å². The van der Waals surface area contributed by atoms with Crippen LogP contribution in [-0.2, 0) is 13.6 Å². The number of benzene rings is 1. The monoisotopic (exact) mass is 272 g/mol. The third-order valence-corrected chi connectivity index (χ3v) is 2.82. The Kier molecular flexibility index (Phi) is 4.40. The van der Waals surface area contributed by atoms with Gasteiger partial charge in [-0.2, -0.15) is 5.10 Å². The molecule has 0 radical (unpaired) electrons. The highest BCUT2D eigenvalue weighted by Crippen LogP contribution is 2.11. The SMILES string of the molecule is CC(C)NC(=O)c1ccc(NCc2cnn(C)c2)cc1. The predicted octanol–water partition coefficient (Wildman–Crippen LogP) is 2.17. The van der Waals surface area contributed by atoms with Crippen molar-refractivity contribution >= 4 is 11.6 Å². The number of rotatable bonds is 5. The zero-order chi connectivity index (χ0) is 14.5. The number of anilines is 1. The van der Waals surface area contributed by atoms with Gasteiger partial charge >= 0.3 is 0 Å². The molecule has 0 spiro atoms. The molecule has 2 aromatic rings. The molecule has 0 saturated carbocycles. The number of aryl methyl sites for hydroxylation is 1. The van der Waals surface area contributed by atoms with Gasteiger partial charge in [0.2, 0.25) is 0 Å². The summed E-state index contributed by atoms with van der Waals surface area (Å²) >= 11 is 0. The van der Waals surface area contributed by atoms with E-state index in [0.29, 0.717) is 12.1 Å². The smallest absolute Gasteiger partial charge is 0.251 e. The number of nitrogens with zero attached hydrogens (tertiary/aromatic N) is 2. The molecular weight excluding hydrogens is 252 g/mol. The number of amides is 1. The van der Waals surface area contributed by atoms with Crippen molar-refractivity contribution < 1.29 is 4.79 Å². The fourth-order valence-corrected chi connectivity index (χ4v) is 1.85. The van der Waals surface area contributed by atoms with Crippen LogP contribution in [0.1, 0.15) is 29.8 Å². The van der Waals surface area contributed by atoms with Gasteiger partial charge in [0.1, 0.15) is 0 Å². The van der Waals surface area contributed by atoms with Gasteiger partial charge in [-0.3, -0.25) is 9.48 Å². The molecule has 0 aliphatic heterocycles. The van der Waals surface area contributed by atoms with Crippen LogP contribution in [0.2, 0.25) is 0 Å². The lowest BCUT2D eigenvalue weighted by atomic mass is 10.2. The first-order valence-corrected chi connectivity index (χ1v) is 6.67. The summed E-state index contributed by atoms with van der Waals surface area (Å²) in [7, 11) is 1.89. The number of hydrogen-bond acceptors (Lipinski definition) is 3. The average molecular weight is 272 g/mol. The first-order valence-electron chi connectivity index (χ1n) is 6.67. The zero-order valence-electron chi connectivity index (χ0n) is 12.1. The Bertz CT molecular complexity index is 572. The molecule has 0 atom stereocenters. The number of carbonyl (C=O) groups is 1. The Morgan fingerprint density at radius 3 is 2.55 bits per heavy atom. The van der Waals surface area contributed by atoms with E-state index in [9.17, 15) is 4.79 Å². The molecule has 2 N–H and O–H groups in total. The molecule has 0 aliphatic carbocycles. The van der Waals surface area contributed by atoms with E-state index in [0.717, 1.165) is 11.3 Å². The van der Waals surface area contributed by atoms with E-state index < -0.39 is 0 Å². The number of hydrogen-bond donors (Lipinski definition) is 2. The number of carbonyl (C=O) groups excluding carboxylic acids is 1. The summed E-state index contributed by atoms with van der Waals surface area (Å²) in [5.74, 6) is -0.0428. The summed E-state index contributed by atoms with van der Waals surface area (Å²) in [6.07, 6.45) is 3.80. The Morgan fingerprint density at radius 1 is 1.30 bits per heavy atom. The zero-order valence-corrected chi connectivity index (χ0v) is 12.1. The maximum absolute atomic E-state index is 11.8. The average Bonchev–Trinajstić information content (AvgIpc) is 2.82. The predicted molar refractivity (Wildman–Crippen MR) is 79.6 cm³/mol. The molecule has 106 valence electrons. The number of aromatic nitrogens is 2. The van der Waals surface area contributed by atoms with Crippen molar-refractivity contribution in [1.29, 1.82) is 0 Å². The maximum Gasteiger partial charge on any atom is 0.251 e. The first kappa shape index (κ1) is 14.1.